The van der Waals surface area contributed by atoms with Crippen LogP contribution >= 0.6 is 0 Å². The third-order valence-corrected chi connectivity index (χ3v) is 4.12. The Morgan fingerprint density at radius 2 is 1.38 bits per heavy atom. The summed E-state index contributed by atoms with van der Waals surface area (Å²) in [5, 5.41) is 3.84. The van der Waals surface area contributed by atoms with Gasteiger partial charge in [-0.15, -0.1) is 0 Å². The fourth-order valence-corrected chi connectivity index (χ4v) is 2.71. The van der Waals surface area contributed by atoms with E-state index < -0.39 is 0 Å². The summed E-state index contributed by atoms with van der Waals surface area (Å²) in [4.78, 5) is 26.5. The first-order chi connectivity index (χ1) is 14.1. The summed E-state index contributed by atoms with van der Waals surface area (Å²) < 4.78 is 12.9. The van der Waals surface area contributed by atoms with Gasteiger partial charge in [0.15, 0.2) is 0 Å². The molecule has 5 nitrogen and oxygen atoms in total. The molecular formula is C23H20FN3O2. The predicted octanol–water partition coefficient (Wildman–Crippen LogP) is 4.42. The number of amides is 2. The van der Waals surface area contributed by atoms with Crippen molar-refractivity contribution in [1.82, 2.24) is 5.43 Å². The molecule has 0 spiro atoms. The van der Waals surface area contributed by atoms with Gasteiger partial charge in [0.05, 0.1) is 6.21 Å². The number of nitrogens with zero attached hydrogens (tertiary/aromatic N) is 2. The summed E-state index contributed by atoms with van der Waals surface area (Å²) in [7, 11) is 0. The third-order valence-electron chi connectivity index (χ3n) is 4.12. The minimum Gasteiger partial charge on any atom is -0.281 e. The lowest BCUT2D eigenvalue weighted by Crippen LogP contribution is -2.27. The van der Waals surface area contributed by atoms with Crippen molar-refractivity contribution in [2.45, 2.75) is 12.8 Å². The molecule has 0 aromatic heterocycles. The van der Waals surface area contributed by atoms with Crippen LogP contribution in [0.15, 0.2) is 90.0 Å². The van der Waals surface area contributed by atoms with Gasteiger partial charge >= 0.3 is 0 Å². The zero-order chi connectivity index (χ0) is 20.5. The molecule has 146 valence electrons. The summed E-state index contributed by atoms with van der Waals surface area (Å²) >= 11 is 0. The van der Waals surface area contributed by atoms with Crippen LogP contribution in [-0.2, 0) is 9.59 Å². The molecule has 0 aliphatic heterocycles. The standard InChI is InChI=1S/C23H20FN3O2/c24-19-13-11-18(12-14-19)17-25-26-22(28)15-16-23(29)27(20-7-3-1-4-8-20)21-9-5-2-6-10-21/h1-14,17H,15-16H2,(H,26,28)/b25-17-. The van der Waals surface area contributed by atoms with E-state index >= 15 is 0 Å². The van der Waals surface area contributed by atoms with E-state index in [1.54, 1.807) is 17.0 Å². The molecule has 0 aliphatic carbocycles. The molecule has 0 fully saturated rings. The highest BCUT2D eigenvalue weighted by atomic mass is 19.1. The van der Waals surface area contributed by atoms with Crippen molar-refractivity contribution in [2.75, 3.05) is 4.90 Å². The van der Waals surface area contributed by atoms with E-state index in [1.807, 2.05) is 60.7 Å². The molecule has 29 heavy (non-hydrogen) atoms. The van der Waals surface area contributed by atoms with Gasteiger partial charge in [0.1, 0.15) is 5.82 Å². The Kier molecular flexibility index (Phi) is 6.84. The Labute approximate surface area is 168 Å². The maximum atomic E-state index is 12.9. The molecule has 6 heteroatoms. The SMILES string of the molecule is O=C(CCC(=O)N(c1ccccc1)c1ccccc1)N/N=C\c1ccc(F)cc1. The van der Waals surface area contributed by atoms with Crippen LogP contribution in [0.5, 0.6) is 0 Å². The summed E-state index contributed by atoms with van der Waals surface area (Å²) in [6.45, 7) is 0. The monoisotopic (exact) mass is 389 g/mol. The first kappa shape index (κ1) is 19.9. The van der Waals surface area contributed by atoms with Crippen LogP contribution in [0.1, 0.15) is 18.4 Å². The second-order valence-electron chi connectivity index (χ2n) is 6.24. The number of hydrogen-bond donors (Lipinski definition) is 1. The Morgan fingerprint density at radius 1 is 0.828 bits per heavy atom. The van der Waals surface area contributed by atoms with Crippen LogP contribution < -0.4 is 10.3 Å². The van der Waals surface area contributed by atoms with Crippen molar-refractivity contribution in [3.63, 3.8) is 0 Å². The van der Waals surface area contributed by atoms with Crippen molar-refractivity contribution in [1.29, 1.82) is 0 Å². The topological polar surface area (TPSA) is 61.8 Å². The second-order valence-corrected chi connectivity index (χ2v) is 6.24. The van der Waals surface area contributed by atoms with Gasteiger partial charge in [0.2, 0.25) is 11.8 Å². The van der Waals surface area contributed by atoms with Gasteiger partial charge in [-0.2, -0.15) is 5.10 Å². The van der Waals surface area contributed by atoms with Crippen molar-refractivity contribution in [3.8, 4) is 0 Å². The maximum absolute atomic E-state index is 12.9. The predicted molar refractivity (Wildman–Crippen MR) is 111 cm³/mol. The minimum atomic E-state index is -0.377. The van der Waals surface area contributed by atoms with Crippen molar-refractivity contribution >= 4 is 29.4 Å². The molecule has 0 heterocycles. The van der Waals surface area contributed by atoms with Gasteiger partial charge in [-0.05, 0) is 42.0 Å². The van der Waals surface area contributed by atoms with Gasteiger partial charge in [0, 0.05) is 24.2 Å². The molecule has 0 unspecified atom stereocenters. The number of nitrogens with one attached hydrogen (secondary N) is 1. The summed E-state index contributed by atoms with van der Waals surface area (Å²) in [5.41, 5.74) is 4.51. The van der Waals surface area contributed by atoms with Gasteiger partial charge in [-0.1, -0.05) is 48.5 Å². The summed E-state index contributed by atoms with van der Waals surface area (Å²) in [5.74, 6) is -0.913. The molecule has 0 bridgehead atoms. The van der Waals surface area contributed by atoms with E-state index in [-0.39, 0.29) is 30.5 Å². The highest BCUT2D eigenvalue weighted by Crippen LogP contribution is 2.26. The van der Waals surface area contributed by atoms with Gasteiger partial charge in [-0.3, -0.25) is 14.5 Å². The summed E-state index contributed by atoms with van der Waals surface area (Å²) in [6.07, 6.45) is 1.44. The number of carbonyl (C=O) groups excluding carboxylic acids is 2. The average molecular weight is 389 g/mol. The van der Waals surface area contributed by atoms with Crippen LogP contribution in [0, 0.1) is 5.82 Å². The fourth-order valence-electron chi connectivity index (χ4n) is 2.71. The Hall–Kier alpha value is -3.80. The molecule has 0 saturated heterocycles. The van der Waals surface area contributed by atoms with E-state index in [0.29, 0.717) is 5.56 Å². The molecule has 0 aliphatic rings. The normalized spacial score (nSPS) is 10.7. The van der Waals surface area contributed by atoms with Crippen molar-refractivity contribution in [2.24, 2.45) is 5.10 Å². The molecule has 2 amide bonds. The maximum Gasteiger partial charge on any atom is 0.240 e. The molecule has 0 radical (unpaired) electrons. The summed E-state index contributed by atoms with van der Waals surface area (Å²) in [6, 6.07) is 24.3. The lowest BCUT2D eigenvalue weighted by molar-refractivity contribution is -0.124. The number of anilines is 2. The number of carbonyl (C=O) groups is 2. The number of rotatable bonds is 7. The highest BCUT2D eigenvalue weighted by molar-refractivity contribution is 6.01. The minimum absolute atomic E-state index is 0.00421. The molecular weight excluding hydrogens is 369 g/mol. The van der Waals surface area contributed by atoms with Crippen LogP contribution in [0.4, 0.5) is 15.8 Å². The van der Waals surface area contributed by atoms with E-state index in [2.05, 4.69) is 10.5 Å². The van der Waals surface area contributed by atoms with E-state index in [0.717, 1.165) is 11.4 Å². The molecule has 3 aromatic carbocycles. The second kappa shape index (κ2) is 9.94. The average Bonchev–Trinajstić information content (AvgIpc) is 2.75. The lowest BCUT2D eigenvalue weighted by atomic mass is 10.2. The molecule has 0 atom stereocenters. The Balaban J connectivity index is 1.60. The van der Waals surface area contributed by atoms with Crippen LogP contribution in [0.25, 0.3) is 0 Å². The Morgan fingerprint density at radius 3 is 1.93 bits per heavy atom. The first-order valence-electron chi connectivity index (χ1n) is 9.14. The van der Waals surface area contributed by atoms with E-state index in [9.17, 15) is 14.0 Å². The molecule has 0 saturated carbocycles. The van der Waals surface area contributed by atoms with Gasteiger partial charge in [-0.25, -0.2) is 9.82 Å². The Bertz CT molecular complexity index is 935. The largest absolute Gasteiger partial charge is 0.281 e. The zero-order valence-corrected chi connectivity index (χ0v) is 15.7. The number of para-hydroxylation sites is 2. The van der Waals surface area contributed by atoms with E-state index in [1.165, 1.54) is 18.3 Å². The van der Waals surface area contributed by atoms with Crippen LogP contribution in [0.2, 0.25) is 0 Å². The third kappa shape index (κ3) is 5.84. The molecule has 3 rings (SSSR count). The molecule has 3 aromatic rings. The highest BCUT2D eigenvalue weighted by Gasteiger charge is 2.18. The first-order valence-corrected chi connectivity index (χ1v) is 9.14. The lowest BCUT2D eigenvalue weighted by Gasteiger charge is -2.23. The number of benzene rings is 3. The quantitative estimate of drug-likeness (QED) is 0.480. The van der Waals surface area contributed by atoms with Crippen molar-refractivity contribution in [3.05, 3.63) is 96.3 Å². The van der Waals surface area contributed by atoms with Crippen LogP contribution in [-0.4, -0.2) is 18.0 Å². The number of halogens is 1. The fraction of sp³-hybridized carbons (Fsp3) is 0.0870. The van der Waals surface area contributed by atoms with Gasteiger partial charge < -0.3 is 0 Å². The smallest absolute Gasteiger partial charge is 0.240 e. The number of hydrogen-bond acceptors (Lipinski definition) is 3. The van der Waals surface area contributed by atoms with Crippen LogP contribution in [0.3, 0.4) is 0 Å². The zero-order valence-electron chi connectivity index (χ0n) is 15.7. The van der Waals surface area contributed by atoms with Crippen molar-refractivity contribution < 1.29 is 14.0 Å². The van der Waals surface area contributed by atoms with E-state index in [4.69, 9.17) is 0 Å². The van der Waals surface area contributed by atoms with Gasteiger partial charge in [0.25, 0.3) is 0 Å². The molecule has 1 N–H and O–H groups in total. The number of hydrazone groups is 1.